The van der Waals surface area contributed by atoms with Crippen molar-refractivity contribution in [2.24, 2.45) is 5.41 Å². The highest BCUT2D eigenvalue weighted by atomic mass is 16.5. The van der Waals surface area contributed by atoms with Crippen molar-refractivity contribution in [3.63, 3.8) is 0 Å². The molecule has 0 N–H and O–H groups in total. The normalized spacial score (nSPS) is 12.3. The first-order valence-electron chi connectivity index (χ1n) is 7.00. The third kappa shape index (κ3) is 2.99. The summed E-state index contributed by atoms with van der Waals surface area (Å²) in [6.07, 6.45) is 1.65. The molecule has 0 amide bonds. The highest BCUT2D eigenvalue weighted by molar-refractivity contribution is 5.78. The summed E-state index contributed by atoms with van der Waals surface area (Å²) in [5.74, 6) is -0.493. The van der Waals surface area contributed by atoms with E-state index in [2.05, 4.69) is 4.98 Å². The van der Waals surface area contributed by atoms with Crippen LogP contribution in [0.3, 0.4) is 0 Å². The molecule has 0 saturated carbocycles. The molecule has 2 aromatic rings. The average molecular weight is 294 g/mol. The van der Waals surface area contributed by atoms with E-state index in [1.807, 2.05) is 56.3 Å². The van der Waals surface area contributed by atoms with E-state index in [4.69, 9.17) is 10.00 Å². The Morgan fingerprint density at radius 3 is 2.36 bits per heavy atom. The number of pyridine rings is 1. The van der Waals surface area contributed by atoms with E-state index in [0.29, 0.717) is 5.69 Å². The van der Waals surface area contributed by atoms with Crippen LogP contribution in [0.1, 0.15) is 36.6 Å². The SMILES string of the molecule is COC(=O)C(C)(C)C(c1ccccc1)c1ccc(C#N)nc1. The fraction of sp³-hybridized carbons (Fsp3) is 0.278. The molecule has 22 heavy (non-hydrogen) atoms. The lowest BCUT2D eigenvalue weighted by atomic mass is 9.71. The van der Waals surface area contributed by atoms with Gasteiger partial charge in [-0.3, -0.25) is 4.79 Å². The summed E-state index contributed by atoms with van der Waals surface area (Å²) in [4.78, 5) is 16.4. The van der Waals surface area contributed by atoms with Crippen molar-refractivity contribution in [2.75, 3.05) is 7.11 Å². The van der Waals surface area contributed by atoms with Gasteiger partial charge < -0.3 is 4.74 Å². The molecular formula is C18H18N2O2. The van der Waals surface area contributed by atoms with E-state index >= 15 is 0 Å². The Morgan fingerprint density at radius 1 is 1.18 bits per heavy atom. The highest BCUT2D eigenvalue weighted by Crippen LogP contribution is 2.41. The Labute approximate surface area is 130 Å². The molecule has 0 bridgehead atoms. The maximum atomic E-state index is 12.2. The van der Waals surface area contributed by atoms with Crippen LogP contribution < -0.4 is 0 Å². The smallest absolute Gasteiger partial charge is 0.312 e. The summed E-state index contributed by atoms with van der Waals surface area (Å²) in [5.41, 5.74) is 1.47. The molecule has 0 aliphatic carbocycles. The van der Waals surface area contributed by atoms with E-state index in [1.165, 1.54) is 7.11 Å². The zero-order chi connectivity index (χ0) is 16.2. The highest BCUT2D eigenvalue weighted by Gasteiger charge is 2.40. The number of methoxy groups -OCH3 is 1. The maximum absolute atomic E-state index is 12.2. The van der Waals surface area contributed by atoms with Crippen LogP contribution in [0, 0.1) is 16.7 Å². The molecule has 0 spiro atoms. The Morgan fingerprint density at radius 2 is 1.86 bits per heavy atom. The summed E-state index contributed by atoms with van der Waals surface area (Å²) < 4.78 is 4.97. The molecule has 112 valence electrons. The molecule has 0 saturated heterocycles. The lowest BCUT2D eigenvalue weighted by Gasteiger charge is -2.32. The molecular weight excluding hydrogens is 276 g/mol. The Kier molecular flexibility index (Phi) is 4.57. The summed E-state index contributed by atoms with van der Waals surface area (Å²) in [5, 5.41) is 8.88. The van der Waals surface area contributed by atoms with Crippen LogP contribution in [0.25, 0.3) is 0 Å². The van der Waals surface area contributed by atoms with E-state index in [9.17, 15) is 4.79 Å². The predicted molar refractivity (Wildman–Crippen MR) is 83.0 cm³/mol. The topological polar surface area (TPSA) is 63.0 Å². The second kappa shape index (κ2) is 6.40. The summed E-state index contributed by atoms with van der Waals surface area (Å²) >= 11 is 0. The van der Waals surface area contributed by atoms with Crippen molar-refractivity contribution in [3.8, 4) is 6.07 Å². The molecule has 1 unspecified atom stereocenters. The minimum absolute atomic E-state index is 0.207. The molecule has 2 rings (SSSR count). The van der Waals surface area contributed by atoms with Gasteiger partial charge in [0.2, 0.25) is 0 Å². The van der Waals surface area contributed by atoms with Crippen molar-refractivity contribution in [1.29, 1.82) is 5.26 Å². The van der Waals surface area contributed by atoms with Gasteiger partial charge in [-0.2, -0.15) is 5.26 Å². The van der Waals surface area contributed by atoms with Crippen LogP contribution in [0.4, 0.5) is 0 Å². The Balaban J connectivity index is 2.55. The van der Waals surface area contributed by atoms with Gasteiger partial charge in [-0.15, -0.1) is 0 Å². The van der Waals surface area contributed by atoms with Gasteiger partial charge in [0.25, 0.3) is 0 Å². The van der Waals surface area contributed by atoms with Crippen molar-refractivity contribution >= 4 is 5.97 Å². The number of carbonyl (C=O) groups excluding carboxylic acids is 1. The van der Waals surface area contributed by atoms with Gasteiger partial charge in [-0.05, 0) is 31.0 Å². The monoisotopic (exact) mass is 294 g/mol. The Bertz CT molecular complexity index is 685. The lowest BCUT2D eigenvalue weighted by molar-refractivity contribution is -0.151. The third-order valence-corrected chi connectivity index (χ3v) is 3.80. The summed E-state index contributed by atoms with van der Waals surface area (Å²) in [7, 11) is 1.39. The molecule has 0 aliphatic heterocycles. The Hall–Kier alpha value is -2.67. The number of esters is 1. The molecule has 0 radical (unpaired) electrons. The number of hydrogen-bond donors (Lipinski definition) is 0. The van der Waals surface area contributed by atoms with Crippen molar-refractivity contribution in [1.82, 2.24) is 4.98 Å². The van der Waals surface area contributed by atoms with E-state index in [0.717, 1.165) is 11.1 Å². The van der Waals surface area contributed by atoms with Gasteiger partial charge >= 0.3 is 5.97 Å². The fourth-order valence-corrected chi connectivity index (χ4v) is 2.69. The molecule has 0 fully saturated rings. The lowest BCUT2D eigenvalue weighted by Crippen LogP contribution is -2.33. The first-order chi connectivity index (χ1) is 10.5. The molecule has 4 heteroatoms. The quantitative estimate of drug-likeness (QED) is 0.812. The number of hydrogen-bond acceptors (Lipinski definition) is 4. The first kappa shape index (κ1) is 15.7. The second-order valence-electron chi connectivity index (χ2n) is 5.65. The largest absolute Gasteiger partial charge is 0.469 e. The zero-order valence-corrected chi connectivity index (χ0v) is 12.9. The second-order valence-corrected chi connectivity index (χ2v) is 5.65. The van der Waals surface area contributed by atoms with E-state index in [1.54, 1.807) is 12.3 Å². The van der Waals surface area contributed by atoms with Crippen LogP contribution in [-0.4, -0.2) is 18.1 Å². The van der Waals surface area contributed by atoms with Gasteiger partial charge in [0, 0.05) is 12.1 Å². The van der Waals surface area contributed by atoms with Gasteiger partial charge in [0.1, 0.15) is 11.8 Å². The summed E-state index contributed by atoms with van der Waals surface area (Å²) in [6, 6.07) is 15.3. The molecule has 1 aromatic carbocycles. The number of carbonyl (C=O) groups is 1. The number of aromatic nitrogens is 1. The number of benzene rings is 1. The molecule has 1 aromatic heterocycles. The van der Waals surface area contributed by atoms with Crippen LogP contribution in [0.15, 0.2) is 48.7 Å². The zero-order valence-electron chi connectivity index (χ0n) is 12.9. The number of nitriles is 1. The van der Waals surface area contributed by atoms with Crippen molar-refractivity contribution < 1.29 is 9.53 Å². The minimum atomic E-state index is -0.758. The number of rotatable bonds is 4. The summed E-state index contributed by atoms with van der Waals surface area (Å²) in [6.45, 7) is 3.71. The van der Waals surface area contributed by atoms with E-state index < -0.39 is 5.41 Å². The van der Waals surface area contributed by atoms with Gasteiger partial charge in [-0.25, -0.2) is 4.98 Å². The van der Waals surface area contributed by atoms with Crippen LogP contribution in [-0.2, 0) is 9.53 Å². The number of ether oxygens (including phenoxy) is 1. The average Bonchev–Trinajstić information content (AvgIpc) is 2.55. The molecule has 1 heterocycles. The van der Waals surface area contributed by atoms with Crippen LogP contribution in [0.5, 0.6) is 0 Å². The maximum Gasteiger partial charge on any atom is 0.312 e. The van der Waals surface area contributed by atoms with Gasteiger partial charge in [0.05, 0.1) is 12.5 Å². The van der Waals surface area contributed by atoms with Crippen LogP contribution in [0.2, 0.25) is 0 Å². The predicted octanol–water partition coefficient (Wildman–Crippen LogP) is 3.28. The fourth-order valence-electron chi connectivity index (χ4n) is 2.69. The molecule has 0 aliphatic rings. The molecule has 4 nitrogen and oxygen atoms in total. The third-order valence-electron chi connectivity index (χ3n) is 3.80. The first-order valence-corrected chi connectivity index (χ1v) is 7.00. The van der Waals surface area contributed by atoms with Crippen molar-refractivity contribution in [3.05, 3.63) is 65.5 Å². The van der Waals surface area contributed by atoms with Crippen molar-refractivity contribution in [2.45, 2.75) is 19.8 Å². The standard InChI is InChI=1S/C18H18N2O2/c1-18(2,17(21)22-3)16(13-7-5-4-6-8-13)14-9-10-15(11-19)20-12-14/h4-10,12,16H,1-3H3. The van der Waals surface area contributed by atoms with Gasteiger partial charge in [-0.1, -0.05) is 36.4 Å². The number of nitrogens with zero attached hydrogens (tertiary/aromatic N) is 2. The van der Waals surface area contributed by atoms with Gasteiger partial charge in [0.15, 0.2) is 0 Å². The van der Waals surface area contributed by atoms with Crippen LogP contribution >= 0.6 is 0 Å². The minimum Gasteiger partial charge on any atom is -0.469 e. The molecule has 1 atom stereocenters. The van der Waals surface area contributed by atoms with E-state index in [-0.39, 0.29) is 11.9 Å².